The summed E-state index contributed by atoms with van der Waals surface area (Å²) in [6, 6.07) is 22.1. The first-order chi connectivity index (χ1) is 15.9. The summed E-state index contributed by atoms with van der Waals surface area (Å²) in [6.07, 6.45) is 0. The summed E-state index contributed by atoms with van der Waals surface area (Å²) < 4.78 is 0. The Morgan fingerprint density at radius 1 is 1.03 bits per heavy atom. The predicted octanol–water partition coefficient (Wildman–Crippen LogP) is 4.49. The monoisotopic (exact) mass is 460 g/mol. The second-order valence-electron chi connectivity index (χ2n) is 8.12. The molecule has 168 valence electrons. The highest BCUT2D eigenvalue weighted by Gasteiger charge is 2.35. The molecule has 3 aromatic carbocycles. The third-order valence-electron chi connectivity index (χ3n) is 5.41. The smallest absolute Gasteiger partial charge is 0.251 e. The maximum atomic E-state index is 12.9. The van der Waals surface area contributed by atoms with Crippen molar-refractivity contribution < 1.29 is 9.59 Å². The number of amides is 2. The van der Waals surface area contributed by atoms with Gasteiger partial charge in [0.1, 0.15) is 5.92 Å². The van der Waals surface area contributed by atoms with E-state index < -0.39 is 5.92 Å². The average Bonchev–Trinajstić information content (AvgIpc) is 3.12. The summed E-state index contributed by atoms with van der Waals surface area (Å²) in [5.74, 6) is -0.836. The van der Waals surface area contributed by atoms with Crippen molar-refractivity contribution in [2.45, 2.75) is 5.92 Å². The maximum absolute atomic E-state index is 12.9. The van der Waals surface area contributed by atoms with Crippen molar-refractivity contribution in [3.63, 3.8) is 0 Å². The van der Waals surface area contributed by atoms with Gasteiger partial charge in [0.15, 0.2) is 0 Å². The lowest BCUT2D eigenvalue weighted by molar-refractivity contribution is -0.115. The van der Waals surface area contributed by atoms with Crippen molar-refractivity contribution >= 4 is 40.5 Å². The van der Waals surface area contributed by atoms with Crippen molar-refractivity contribution in [3.05, 3.63) is 94.5 Å². The molecular formula is C26H25ClN4O2. The molecule has 1 heterocycles. The first-order valence-electron chi connectivity index (χ1n) is 10.7. The van der Waals surface area contributed by atoms with Crippen LogP contribution >= 0.6 is 11.6 Å². The number of nitrogens with one attached hydrogen (secondary N) is 2. The molecule has 1 aliphatic rings. The van der Waals surface area contributed by atoms with Crippen LogP contribution in [0.4, 0.5) is 11.4 Å². The minimum absolute atomic E-state index is 0.128. The number of hydrogen-bond acceptors (Lipinski definition) is 4. The minimum Gasteiger partial charge on any atom is -0.351 e. The zero-order valence-corrected chi connectivity index (χ0v) is 19.3. The van der Waals surface area contributed by atoms with Gasteiger partial charge in [-0.25, -0.2) is 0 Å². The van der Waals surface area contributed by atoms with Crippen LogP contribution in [0.5, 0.6) is 0 Å². The zero-order chi connectivity index (χ0) is 23.4. The Labute approximate surface area is 198 Å². The highest BCUT2D eigenvalue weighted by Crippen LogP contribution is 2.37. The van der Waals surface area contributed by atoms with Crippen molar-refractivity contribution in [2.75, 3.05) is 32.5 Å². The Morgan fingerprint density at radius 3 is 2.45 bits per heavy atom. The number of halogens is 1. The van der Waals surface area contributed by atoms with Crippen molar-refractivity contribution in [3.8, 4) is 0 Å². The lowest BCUT2D eigenvalue weighted by atomic mass is 9.90. The van der Waals surface area contributed by atoms with Crippen LogP contribution in [0.3, 0.4) is 0 Å². The molecular weight excluding hydrogens is 436 g/mol. The van der Waals surface area contributed by atoms with Crippen LogP contribution in [0, 0.1) is 0 Å². The maximum Gasteiger partial charge on any atom is 0.251 e. The Balaban J connectivity index is 1.65. The van der Waals surface area contributed by atoms with Gasteiger partial charge in [0.2, 0.25) is 5.91 Å². The molecule has 33 heavy (non-hydrogen) atoms. The zero-order valence-electron chi connectivity index (χ0n) is 18.5. The molecule has 1 atom stereocenters. The van der Waals surface area contributed by atoms with Crippen LogP contribution < -0.4 is 10.6 Å². The second-order valence-corrected chi connectivity index (χ2v) is 8.56. The van der Waals surface area contributed by atoms with Crippen LogP contribution in [0.2, 0.25) is 5.02 Å². The molecule has 0 saturated heterocycles. The Bertz CT molecular complexity index is 1190. The summed E-state index contributed by atoms with van der Waals surface area (Å²) in [4.78, 5) is 32.2. The molecule has 2 N–H and O–H groups in total. The van der Waals surface area contributed by atoms with E-state index in [4.69, 9.17) is 16.6 Å². The second kappa shape index (κ2) is 9.98. The summed E-state index contributed by atoms with van der Waals surface area (Å²) in [7, 11) is 3.92. The van der Waals surface area contributed by atoms with E-state index in [0.717, 1.165) is 17.7 Å². The van der Waals surface area contributed by atoms with Gasteiger partial charge in [0.05, 0.1) is 11.4 Å². The molecule has 7 heteroatoms. The normalized spacial score (nSPS) is 15.3. The van der Waals surface area contributed by atoms with Crippen molar-refractivity contribution in [1.29, 1.82) is 0 Å². The van der Waals surface area contributed by atoms with E-state index in [-0.39, 0.29) is 11.8 Å². The summed E-state index contributed by atoms with van der Waals surface area (Å²) in [6.45, 7) is 1.34. The van der Waals surface area contributed by atoms with Gasteiger partial charge in [-0.3, -0.25) is 14.6 Å². The first-order valence-corrected chi connectivity index (χ1v) is 11.1. The van der Waals surface area contributed by atoms with Gasteiger partial charge in [-0.15, -0.1) is 0 Å². The number of rotatable bonds is 7. The Hall–Kier alpha value is -3.48. The SMILES string of the molecule is CN(C)CCNC(=O)c1ccc(N=C(c2ccccc2)C2C(=O)Nc3cc(Cl)ccc32)cc1. The lowest BCUT2D eigenvalue weighted by Gasteiger charge is -2.14. The molecule has 3 aromatic rings. The molecule has 1 unspecified atom stereocenters. The van der Waals surface area contributed by atoms with Crippen molar-refractivity contribution in [2.24, 2.45) is 4.99 Å². The van der Waals surface area contributed by atoms with Gasteiger partial charge in [0, 0.05) is 29.4 Å². The molecule has 0 aromatic heterocycles. The van der Waals surface area contributed by atoms with Gasteiger partial charge in [-0.1, -0.05) is 48.0 Å². The largest absolute Gasteiger partial charge is 0.351 e. The van der Waals surface area contributed by atoms with Crippen molar-refractivity contribution in [1.82, 2.24) is 10.2 Å². The number of anilines is 1. The Morgan fingerprint density at radius 2 is 1.76 bits per heavy atom. The fourth-order valence-electron chi connectivity index (χ4n) is 3.73. The van der Waals surface area contributed by atoms with Gasteiger partial charge in [0.25, 0.3) is 5.91 Å². The number of hydrogen-bond donors (Lipinski definition) is 2. The predicted molar refractivity (Wildman–Crippen MR) is 133 cm³/mol. The number of nitrogens with zero attached hydrogens (tertiary/aromatic N) is 2. The number of fused-ring (bicyclic) bond motifs is 1. The first kappa shape index (κ1) is 22.7. The number of likely N-dealkylation sites (N-methyl/N-ethyl adjacent to an activating group) is 1. The molecule has 0 spiro atoms. The molecule has 4 rings (SSSR count). The van der Waals surface area contributed by atoms with E-state index in [9.17, 15) is 9.59 Å². The molecule has 1 aliphatic heterocycles. The fourth-order valence-corrected chi connectivity index (χ4v) is 3.90. The molecule has 0 fully saturated rings. The third kappa shape index (κ3) is 5.30. The molecule has 0 saturated carbocycles. The average molecular weight is 461 g/mol. The number of aliphatic imine (C=N–C) groups is 1. The van der Waals surface area contributed by atoms with Gasteiger partial charge >= 0.3 is 0 Å². The minimum atomic E-state index is -0.561. The molecule has 0 aliphatic carbocycles. The van der Waals surface area contributed by atoms with Crippen LogP contribution in [0.1, 0.15) is 27.4 Å². The van der Waals surface area contributed by atoms with E-state index in [1.807, 2.05) is 55.4 Å². The highest BCUT2D eigenvalue weighted by atomic mass is 35.5. The molecule has 0 radical (unpaired) electrons. The Kier molecular flexibility index (Phi) is 6.87. The van der Waals surface area contributed by atoms with E-state index in [1.54, 1.807) is 36.4 Å². The summed E-state index contributed by atoms with van der Waals surface area (Å²) in [5, 5.41) is 6.38. The lowest BCUT2D eigenvalue weighted by Crippen LogP contribution is -2.31. The molecule has 0 bridgehead atoms. The van der Waals surface area contributed by atoms with E-state index in [1.165, 1.54) is 0 Å². The molecule has 6 nitrogen and oxygen atoms in total. The fraction of sp³-hybridized carbons (Fsp3) is 0.192. The highest BCUT2D eigenvalue weighted by molar-refractivity contribution is 6.31. The number of carbonyl (C=O) groups excluding carboxylic acids is 2. The summed E-state index contributed by atoms with van der Waals surface area (Å²) >= 11 is 6.12. The van der Waals surface area contributed by atoms with Crippen LogP contribution in [0.15, 0.2) is 77.8 Å². The van der Waals surface area contributed by atoms with Crippen LogP contribution in [-0.4, -0.2) is 49.6 Å². The van der Waals surface area contributed by atoms with E-state index in [0.29, 0.717) is 34.2 Å². The van der Waals surface area contributed by atoms with Gasteiger partial charge in [-0.2, -0.15) is 0 Å². The molecule has 2 amide bonds. The standard InChI is InChI=1S/C26H25ClN4O2/c1-31(2)15-14-28-25(32)18-8-11-20(12-9-18)29-24(17-6-4-3-5-7-17)23-21-13-10-19(27)16-22(21)30-26(23)33/h3-13,16,23H,14-15H2,1-2H3,(H,28,32)(H,30,33). The van der Waals surface area contributed by atoms with E-state index in [2.05, 4.69) is 10.6 Å². The quantitative estimate of drug-likeness (QED) is 0.510. The van der Waals surface area contributed by atoms with E-state index >= 15 is 0 Å². The van der Waals surface area contributed by atoms with Crippen LogP contribution in [0.25, 0.3) is 0 Å². The topological polar surface area (TPSA) is 73.8 Å². The van der Waals surface area contributed by atoms with Crippen LogP contribution in [-0.2, 0) is 4.79 Å². The summed E-state index contributed by atoms with van der Waals surface area (Å²) in [5.41, 5.74) is 4.25. The van der Waals surface area contributed by atoms with Gasteiger partial charge in [-0.05, 0) is 61.6 Å². The van der Waals surface area contributed by atoms with Gasteiger partial charge < -0.3 is 15.5 Å². The third-order valence-corrected chi connectivity index (χ3v) is 5.65. The number of carbonyl (C=O) groups is 2. The number of benzene rings is 3.